The van der Waals surface area contributed by atoms with Crippen LogP contribution in [-0.4, -0.2) is 15.3 Å². The molecule has 2 aromatic rings. The minimum Gasteiger partial charge on any atom is -0.385 e. The highest BCUT2D eigenvalue weighted by Crippen LogP contribution is 2.46. The Labute approximate surface area is 182 Å². The number of carbonyl (C=O) groups is 1. The zero-order chi connectivity index (χ0) is 21.7. The molecule has 0 radical (unpaired) electrons. The van der Waals surface area contributed by atoms with Gasteiger partial charge in [-0.25, -0.2) is 18.5 Å². The summed E-state index contributed by atoms with van der Waals surface area (Å²) in [5.74, 6) is 1.01. The minimum absolute atomic E-state index is 0.222. The van der Waals surface area contributed by atoms with Crippen LogP contribution in [0.1, 0.15) is 67.5 Å². The predicted octanol–water partition coefficient (Wildman–Crippen LogP) is 5.12. The van der Waals surface area contributed by atoms with Crippen molar-refractivity contribution in [3.8, 4) is 0 Å². The van der Waals surface area contributed by atoms with Crippen LogP contribution in [0.15, 0.2) is 28.5 Å². The van der Waals surface area contributed by atoms with E-state index in [2.05, 4.69) is 29.1 Å². The van der Waals surface area contributed by atoms with Gasteiger partial charge in [-0.1, -0.05) is 19.1 Å². The molecule has 0 spiro atoms. The number of aliphatic hydroxyl groups is 1. The van der Waals surface area contributed by atoms with E-state index in [0.29, 0.717) is 16.7 Å². The highest BCUT2D eigenvalue weighted by molar-refractivity contribution is 7.93. The van der Waals surface area contributed by atoms with Gasteiger partial charge in [-0.2, -0.15) is 0 Å². The molecular weight excluding hydrogens is 418 g/mol. The van der Waals surface area contributed by atoms with Gasteiger partial charge >= 0.3 is 6.03 Å². The number of amides is 2. The molecule has 6 nitrogen and oxygen atoms in total. The topological polar surface area (TPSA) is 102 Å². The molecule has 0 bridgehead atoms. The summed E-state index contributed by atoms with van der Waals surface area (Å²) in [6.07, 6.45) is 5.43. The molecular formula is C22H29N3O3S2. The number of rotatable bonds is 6. The third-order valence-electron chi connectivity index (χ3n) is 6.08. The maximum atomic E-state index is 12.9. The van der Waals surface area contributed by atoms with Crippen LogP contribution in [0.3, 0.4) is 0 Å². The average molecular weight is 448 g/mol. The van der Waals surface area contributed by atoms with Crippen molar-refractivity contribution in [1.82, 2.24) is 4.72 Å². The van der Waals surface area contributed by atoms with Crippen molar-refractivity contribution in [2.45, 2.75) is 68.6 Å². The molecule has 30 heavy (non-hydrogen) atoms. The van der Waals surface area contributed by atoms with Gasteiger partial charge < -0.3 is 10.4 Å². The fourth-order valence-electron chi connectivity index (χ4n) is 4.19. The number of aryl methyl sites for hydroxylation is 1. The Kier molecular flexibility index (Phi) is 5.45. The molecule has 4 rings (SSSR count). The van der Waals surface area contributed by atoms with Crippen molar-refractivity contribution < 1.29 is 14.1 Å². The van der Waals surface area contributed by atoms with Crippen molar-refractivity contribution in [1.29, 1.82) is 4.78 Å². The zero-order valence-electron chi connectivity index (χ0n) is 17.6. The van der Waals surface area contributed by atoms with E-state index in [4.69, 9.17) is 4.78 Å². The fraction of sp³-hybridized carbons (Fsp3) is 0.500. The number of hydrogen-bond donors (Lipinski definition) is 4. The molecule has 2 unspecified atom stereocenters. The summed E-state index contributed by atoms with van der Waals surface area (Å²) >= 11 is 1.08. The molecule has 8 heteroatoms. The van der Waals surface area contributed by atoms with Crippen LogP contribution in [0.25, 0.3) is 0 Å². The monoisotopic (exact) mass is 447 g/mol. The number of hydrogen-bond acceptors (Lipinski definition) is 5. The minimum atomic E-state index is -3.52. The molecule has 2 amide bonds. The molecule has 2 atom stereocenters. The van der Waals surface area contributed by atoms with E-state index >= 15 is 0 Å². The van der Waals surface area contributed by atoms with E-state index in [1.807, 2.05) is 0 Å². The van der Waals surface area contributed by atoms with E-state index < -0.39 is 21.5 Å². The molecule has 0 aliphatic heterocycles. The summed E-state index contributed by atoms with van der Waals surface area (Å²) in [7, 11) is -3.52. The standard InChI is InChI=1S/C22H29N3O3S2/c1-13(14-7-8-14)16-10-9-15-5-4-6-17(15)20(16)24-21(26)25-30(23,28)19-12-11-18(29-19)22(2,3)27/h9-14,27H,4-8H2,1-3H3,(H3,23,24,25,26,28). The Morgan fingerprint density at radius 2 is 2.00 bits per heavy atom. The first-order chi connectivity index (χ1) is 14.1. The second kappa shape index (κ2) is 7.66. The van der Waals surface area contributed by atoms with Crippen LogP contribution in [0, 0.1) is 10.7 Å². The van der Waals surface area contributed by atoms with Crippen molar-refractivity contribution >= 4 is 33.0 Å². The third-order valence-corrected chi connectivity index (χ3v) is 9.40. The molecule has 1 aromatic heterocycles. The predicted molar refractivity (Wildman–Crippen MR) is 120 cm³/mol. The first-order valence-corrected chi connectivity index (χ1v) is 12.8. The van der Waals surface area contributed by atoms with Gasteiger partial charge in [-0.05, 0) is 86.6 Å². The summed E-state index contributed by atoms with van der Waals surface area (Å²) in [6, 6.07) is 6.85. The van der Waals surface area contributed by atoms with Gasteiger partial charge in [-0.3, -0.25) is 0 Å². The Bertz CT molecular complexity index is 1080. The van der Waals surface area contributed by atoms with Crippen LogP contribution in [-0.2, 0) is 28.4 Å². The summed E-state index contributed by atoms with van der Waals surface area (Å²) in [6.45, 7) is 5.47. The molecule has 1 saturated carbocycles. The van der Waals surface area contributed by atoms with E-state index in [1.165, 1.54) is 30.0 Å². The Morgan fingerprint density at radius 1 is 1.27 bits per heavy atom. The first-order valence-electron chi connectivity index (χ1n) is 10.4. The molecule has 1 fully saturated rings. The average Bonchev–Trinajstić information content (AvgIpc) is 3.16. The highest BCUT2D eigenvalue weighted by Gasteiger charge is 2.32. The van der Waals surface area contributed by atoms with E-state index in [1.54, 1.807) is 19.9 Å². The first kappa shape index (κ1) is 21.3. The number of urea groups is 1. The number of benzene rings is 1. The highest BCUT2D eigenvalue weighted by atomic mass is 32.2. The summed E-state index contributed by atoms with van der Waals surface area (Å²) in [5, 5.41) is 13.1. The van der Waals surface area contributed by atoms with Crippen LogP contribution >= 0.6 is 11.3 Å². The van der Waals surface area contributed by atoms with Gasteiger partial charge in [0.15, 0.2) is 9.92 Å². The second-order valence-electron chi connectivity index (χ2n) is 8.94. The maximum Gasteiger partial charge on any atom is 0.331 e. The van der Waals surface area contributed by atoms with E-state index in [0.717, 1.165) is 41.9 Å². The second-order valence-corrected chi connectivity index (χ2v) is 12.0. The van der Waals surface area contributed by atoms with E-state index in [-0.39, 0.29) is 4.21 Å². The van der Waals surface area contributed by atoms with Crippen molar-refractivity contribution in [2.24, 2.45) is 5.92 Å². The van der Waals surface area contributed by atoms with Gasteiger partial charge in [0.1, 0.15) is 4.21 Å². The SMILES string of the molecule is CC(c1ccc2c(c1NC(=O)NS(=N)(=O)c1ccc(C(C)(C)O)s1)CCC2)C1CC1. The zero-order valence-corrected chi connectivity index (χ0v) is 19.2. The summed E-state index contributed by atoms with van der Waals surface area (Å²) in [5.41, 5.74) is 3.31. The molecule has 1 heterocycles. The Balaban J connectivity index is 1.57. The largest absolute Gasteiger partial charge is 0.385 e. The van der Waals surface area contributed by atoms with Crippen LogP contribution in [0.5, 0.6) is 0 Å². The smallest absolute Gasteiger partial charge is 0.331 e. The van der Waals surface area contributed by atoms with E-state index in [9.17, 15) is 14.1 Å². The third kappa shape index (κ3) is 4.26. The quantitative estimate of drug-likeness (QED) is 0.494. The Hall–Kier alpha value is -1.90. The molecule has 162 valence electrons. The number of fused-ring (bicyclic) bond motifs is 1. The van der Waals surface area contributed by atoms with Crippen LogP contribution in [0.4, 0.5) is 10.5 Å². The van der Waals surface area contributed by atoms with Gasteiger partial charge in [-0.15, -0.1) is 11.3 Å². The van der Waals surface area contributed by atoms with Gasteiger partial charge in [0.25, 0.3) is 0 Å². The lowest BCUT2D eigenvalue weighted by Crippen LogP contribution is -2.34. The van der Waals surface area contributed by atoms with Gasteiger partial charge in [0, 0.05) is 10.6 Å². The molecule has 2 aliphatic rings. The van der Waals surface area contributed by atoms with Crippen molar-refractivity contribution in [3.63, 3.8) is 0 Å². The fourth-order valence-corrected chi connectivity index (χ4v) is 6.46. The molecule has 4 N–H and O–H groups in total. The summed E-state index contributed by atoms with van der Waals surface area (Å²) < 4.78 is 23.7. The van der Waals surface area contributed by atoms with Crippen molar-refractivity contribution in [2.75, 3.05) is 5.32 Å². The molecule has 0 saturated heterocycles. The molecule has 2 aliphatic carbocycles. The van der Waals surface area contributed by atoms with Gasteiger partial charge in [0.05, 0.1) is 5.60 Å². The number of nitrogens with one attached hydrogen (secondary N) is 3. The van der Waals surface area contributed by atoms with Crippen molar-refractivity contribution in [3.05, 3.63) is 45.8 Å². The number of anilines is 1. The van der Waals surface area contributed by atoms with Gasteiger partial charge in [0.2, 0.25) is 0 Å². The van der Waals surface area contributed by atoms with Crippen LogP contribution < -0.4 is 10.0 Å². The Morgan fingerprint density at radius 3 is 2.63 bits per heavy atom. The number of carbonyl (C=O) groups excluding carboxylic acids is 1. The lowest BCUT2D eigenvalue weighted by molar-refractivity contribution is 0.0825. The lowest BCUT2D eigenvalue weighted by atomic mass is 9.91. The summed E-state index contributed by atoms with van der Waals surface area (Å²) in [4.78, 5) is 13.4. The molecule has 1 aromatic carbocycles. The van der Waals surface area contributed by atoms with Crippen LogP contribution in [0.2, 0.25) is 0 Å². The lowest BCUT2D eigenvalue weighted by Gasteiger charge is -2.21. The maximum absolute atomic E-state index is 12.9. The number of thiophene rings is 1. The normalized spacial score (nSPS) is 19.1.